The molecule has 0 fully saturated rings. The lowest BCUT2D eigenvalue weighted by Gasteiger charge is -2.21. The monoisotopic (exact) mass is 378 g/mol. The van der Waals surface area contributed by atoms with E-state index >= 15 is 0 Å². The highest BCUT2D eigenvalue weighted by atomic mass is 16.5. The van der Waals surface area contributed by atoms with Crippen molar-refractivity contribution < 1.29 is 19.1 Å². The lowest BCUT2D eigenvalue weighted by atomic mass is 10.1. The minimum absolute atomic E-state index is 0.0443. The van der Waals surface area contributed by atoms with Gasteiger partial charge in [-0.2, -0.15) is 0 Å². The van der Waals surface area contributed by atoms with Crippen molar-refractivity contribution in [1.29, 1.82) is 0 Å². The second kappa shape index (κ2) is 8.08. The average Bonchev–Trinajstić information content (AvgIpc) is 3.03. The van der Waals surface area contributed by atoms with Crippen LogP contribution in [0.1, 0.15) is 29.8 Å². The number of esters is 1. The van der Waals surface area contributed by atoms with E-state index in [0.717, 1.165) is 17.7 Å². The normalized spacial score (nSPS) is 15.8. The first-order valence-electron chi connectivity index (χ1n) is 9.00. The highest BCUT2D eigenvalue weighted by Crippen LogP contribution is 2.32. The van der Waals surface area contributed by atoms with Gasteiger partial charge in [-0.05, 0) is 56.2 Å². The highest BCUT2D eigenvalue weighted by molar-refractivity contribution is 6.11. The number of amides is 2. The molecule has 6 nitrogen and oxygen atoms in total. The summed E-state index contributed by atoms with van der Waals surface area (Å²) in [7, 11) is 1.31. The third-order valence-electron chi connectivity index (χ3n) is 4.71. The molecule has 2 aromatic carbocycles. The van der Waals surface area contributed by atoms with E-state index < -0.39 is 5.97 Å². The molecule has 28 heavy (non-hydrogen) atoms. The molecule has 0 saturated heterocycles. The number of hydrogen-bond acceptors (Lipinski definition) is 4. The third kappa shape index (κ3) is 3.96. The zero-order chi connectivity index (χ0) is 20.3. The van der Waals surface area contributed by atoms with Gasteiger partial charge in [0.2, 0.25) is 0 Å². The second-order valence-electron chi connectivity index (χ2n) is 6.74. The summed E-state index contributed by atoms with van der Waals surface area (Å²) >= 11 is 0. The standard InChI is InChI=1S/C22H22N2O4/c1-14(21(26)23-18-10-8-16(9-11-18)22(27)28-3)12-20(25)24-15(2)13-17-6-4-5-7-19(17)24/h4-12,15H,13H2,1-3H3,(H,23,26)/b14-12+. The van der Waals surface area contributed by atoms with Gasteiger partial charge in [0, 0.05) is 29.1 Å². The molecule has 1 N–H and O–H groups in total. The molecule has 1 heterocycles. The number of rotatable bonds is 4. The highest BCUT2D eigenvalue weighted by Gasteiger charge is 2.29. The lowest BCUT2D eigenvalue weighted by Crippen LogP contribution is -2.35. The molecule has 2 amide bonds. The fourth-order valence-electron chi connectivity index (χ4n) is 3.26. The number of anilines is 2. The lowest BCUT2D eigenvalue weighted by molar-refractivity contribution is -0.116. The molecule has 1 aliphatic rings. The Morgan fingerprint density at radius 2 is 1.79 bits per heavy atom. The molecule has 0 bridgehead atoms. The zero-order valence-corrected chi connectivity index (χ0v) is 16.1. The van der Waals surface area contributed by atoms with Crippen LogP contribution in [0.25, 0.3) is 0 Å². The first-order valence-corrected chi connectivity index (χ1v) is 9.00. The van der Waals surface area contributed by atoms with Crippen LogP contribution in [-0.2, 0) is 20.7 Å². The topological polar surface area (TPSA) is 75.7 Å². The van der Waals surface area contributed by atoms with Crippen LogP contribution in [0.15, 0.2) is 60.2 Å². The van der Waals surface area contributed by atoms with Crippen molar-refractivity contribution in [2.24, 2.45) is 0 Å². The van der Waals surface area contributed by atoms with E-state index in [1.54, 1.807) is 36.1 Å². The Bertz CT molecular complexity index is 947. The van der Waals surface area contributed by atoms with E-state index in [9.17, 15) is 14.4 Å². The maximum Gasteiger partial charge on any atom is 0.337 e. The summed E-state index contributed by atoms with van der Waals surface area (Å²) in [6.45, 7) is 3.59. The summed E-state index contributed by atoms with van der Waals surface area (Å²) in [4.78, 5) is 38.4. The van der Waals surface area contributed by atoms with Crippen molar-refractivity contribution in [1.82, 2.24) is 0 Å². The van der Waals surface area contributed by atoms with Gasteiger partial charge in [0.1, 0.15) is 0 Å². The average molecular weight is 378 g/mol. The molecule has 0 aromatic heterocycles. The number of hydrogen-bond donors (Lipinski definition) is 1. The minimum atomic E-state index is -0.445. The molecule has 0 radical (unpaired) electrons. The number of carbonyl (C=O) groups is 3. The molecule has 0 aliphatic carbocycles. The molecule has 1 atom stereocenters. The molecule has 2 aromatic rings. The Morgan fingerprint density at radius 3 is 2.46 bits per heavy atom. The van der Waals surface area contributed by atoms with Gasteiger partial charge in [0.05, 0.1) is 12.7 Å². The van der Waals surface area contributed by atoms with E-state index in [2.05, 4.69) is 10.1 Å². The van der Waals surface area contributed by atoms with Gasteiger partial charge in [0.15, 0.2) is 0 Å². The number of carbonyl (C=O) groups excluding carboxylic acids is 3. The van der Waals surface area contributed by atoms with E-state index in [1.807, 2.05) is 31.2 Å². The SMILES string of the molecule is COC(=O)c1ccc(NC(=O)/C(C)=C/C(=O)N2c3ccccc3CC2C)cc1. The summed E-state index contributed by atoms with van der Waals surface area (Å²) in [5.74, 6) is -1.04. The summed E-state index contributed by atoms with van der Waals surface area (Å²) in [6.07, 6.45) is 2.16. The van der Waals surface area contributed by atoms with Crippen LogP contribution >= 0.6 is 0 Å². The largest absolute Gasteiger partial charge is 0.465 e. The third-order valence-corrected chi connectivity index (χ3v) is 4.71. The Kier molecular flexibility index (Phi) is 5.59. The summed E-state index contributed by atoms with van der Waals surface area (Å²) in [5, 5.41) is 2.72. The predicted molar refractivity (Wildman–Crippen MR) is 107 cm³/mol. The number of nitrogens with one attached hydrogen (secondary N) is 1. The van der Waals surface area contributed by atoms with Gasteiger partial charge >= 0.3 is 5.97 Å². The molecule has 0 spiro atoms. The van der Waals surface area contributed by atoms with Crippen molar-refractivity contribution in [2.45, 2.75) is 26.3 Å². The number of benzene rings is 2. The van der Waals surface area contributed by atoms with E-state index in [-0.39, 0.29) is 17.9 Å². The molecule has 0 saturated carbocycles. The Labute approximate surface area is 163 Å². The number of methoxy groups -OCH3 is 1. The quantitative estimate of drug-likeness (QED) is 0.654. The number of para-hydroxylation sites is 1. The van der Waals surface area contributed by atoms with Crippen LogP contribution in [0.5, 0.6) is 0 Å². The van der Waals surface area contributed by atoms with Gasteiger partial charge in [-0.25, -0.2) is 4.79 Å². The first kappa shape index (κ1) is 19.4. The van der Waals surface area contributed by atoms with Gasteiger partial charge in [-0.3, -0.25) is 9.59 Å². The number of nitrogens with zero attached hydrogens (tertiary/aromatic N) is 1. The number of ether oxygens (including phenoxy) is 1. The fourth-order valence-corrected chi connectivity index (χ4v) is 3.26. The molecule has 1 aliphatic heterocycles. The van der Waals surface area contributed by atoms with Crippen molar-refractivity contribution in [3.63, 3.8) is 0 Å². The Hall–Kier alpha value is -3.41. The summed E-state index contributed by atoms with van der Waals surface area (Å²) in [6, 6.07) is 14.2. The van der Waals surface area contributed by atoms with Gasteiger partial charge in [0.25, 0.3) is 11.8 Å². The van der Waals surface area contributed by atoms with Crippen molar-refractivity contribution in [3.8, 4) is 0 Å². The Balaban J connectivity index is 1.70. The summed E-state index contributed by atoms with van der Waals surface area (Å²) in [5.41, 5.74) is 3.24. The second-order valence-corrected chi connectivity index (χ2v) is 6.74. The molecule has 144 valence electrons. The van der Waals surface area contributed by atoms with E-state index in [4.69, 9.17) is 0 Å². The molecular weight excluding hydrogens is 356 g/mol. The van der Waals surface area contributed by atoms with E-state index in [1.165, 1.54) is 13.2 Å². The molecule has 6 heteroatoms. The maximum absolute atomic E-state index is 12.8. The molecule has 3 rings (SSSR count). The summed E-state index contributed by atoms with van der Waals surface area (Å²) < 4.78 is 4.64. The van der Waals surface area contributed by atoms with Crippen LogP contribution in [0.4, 0.5) is 11.4 Å². The van der Waals surface area contributed by atoms with Crippen molar-refractivity contribution >= 4 is 29.2 Å². The Morgan fingerprint density at radius 1 is 1.11 bits per heavy atom. The van der Waals surface area contributed by atoms with E-state index in [0.29, 0.717) is 16.8 Å². The first-order chi connectivity index (χ1) is 13.4. The fraction of sp³-hybridized carbons (Fsp3) is 0.227. The van der Waals surface area contributed by atoms with Crippen LogP contribution in [-0.4, -0.2) is 30.9 Å². The van der Waals surface area contributed by atoms with Gasteiger partial charge in [-0.15, -0.1) is 0 Å². The predicted octanol–water partition coefficient (Wildman–Crippen LogP) is 3.34. The maximum atomic E-state index is 12.8. The molecule has 1 unspecified atom stereocenters. The smallest absolute Gasteiger partial charge is 0.337 e. The van der Waals surface area contributed by atoms with Crippen molar-refractivity contribution in [3.05, 3.63) is 71.3 Å². The van der Waals surface area contributed by atoms with Gasteiger partial charge in [-0.1, -0.05) is 18.2 Å². The van der Waals surface area contributed by atoms with Crippen LogP contribution in [0, 0.1) is 0 Å². The van der Waals surface area contributed by atoms with Crippen molar-refractivity contribution in [2.75, 3.05) is 17.3 Å². The van der Waals surface area contributed by atoms with Crippen LogP contribution < -0.4 is 10.2 Å². The van der Waals surface area contributed by atoms with Crippen LogP contribution in [0.3, 0.4) is 0 Å². The van der Waals surface area contributed by atoms with Crippen LogP contribution in [0.2, 0.25) is 0 Å². The van der Waals surface area contributed by atoms with Gasteiger partial charge < -0.3 is 15.0 Å². The number of fused-ring (bicyclic) bond motifs is 1. The minimum Gasteiger partial charge on any atom is -0.465 e. The molecular formula is C22H22N2O4. The zero-order valence-electron chi connectivity index (χ0n) is 16.1.